The molecule has 0 radical (unpaired) electrons. The highest BCUT2D eigenvalue weighted by Crippen LogP contribution is 2.41. The Kier molecular flexibility index (Phi) is 6.22. The standard InChI is InChI=1S/C44H26N4/c1-46-33-26-43(47-39-18-10-8-16-34(39)36-24-31(20-22-41(36)47)29-12-4-2-5-13-29)38(28-45)44(27-33)48-40-19-11-9-17-35(40)37-25-32(21-23-42(37)48)30-14-6-3-7-15-30/h2-27H. The van der Waals surface area contributed by atoms with Crippen LogP contribution in [0.4, 0.5) is 5.69 Å². The van der Waals surface area contributed by atoms with Gasteiger partial charge in [0.15, 0.2) is 5.69 Å². The summed E-state index contributed by atoms with van der Waals surface area (Å²) < 4.78 is 4.30. The van der Waals surface area contributed by atoms with Crippen LogP contribution in [-0.4, -0.2) is 9.13 Å². The van der Waals surface area contributed by atoms with Crippen LogP contribution >= 0.6 is 0 Å². The van der Waals surface area contributed by atoms with E-state index >= 15 is 0 Å². The molecule has 0 N–H and O–H groups in total. The van der Waals surface area contributed by atoms with Crippen LogP contribution in [0.5, 0.6) is 0 Å². The number of aromatic nitrogens is 2. The zero-order chi connectivity index (χ0) is 32.2. The molecule has 4 nitrogen and oxygen atoms in total. The topological polar surface area (TPSA) is 38.0 Å². The molecule has 0 saturated carbocycles. The third-order valence-electron chi connectivity index (χ3n) is 9.36. The molecule has 0 aliphatic rings. The number of benzene rings is 7. The molecule has 4 heteroatoms. The van der Waals surface area contributed by atoms with E-state index in [4.69, 9.17) is 6.57 Å². The fourth-order valence-corrected chi connectivity index (χ4v) is 7.21. The third-order valence-corrected chi connectivity index (χ3v) is 9.36. The van der Waals surface area contributed by atoms with Gasteiger partial charge in [0, 0.05) is 21.5 Å². The highest BCUT2D eigenvalue weighted by atomic mass is 15.0. The van der Waals surface area contributed by atoms with E-state index in [1.807, 2.05) is 36.4 Å². The van der Waals surface area contributed by atoms with Crippen LogP contribution in [-0.2, 0) is 0 Å². The summed E-state index contributed by atoms with van der Waals surface area (Å²) >= 11 is 0. The lowest BCUT2D eigenvalue weighted by Gasteiger charge is -2.17. The van der Waals surface area contributed by atoms with Crippen molar-refractivity contribution in [3.63, 3.8) is 0 Å². The largest absolute Gasteiger partial charge is 0.309 e. The van der Waals surface area contributed by atoms with Gasteiger partial charge >= 0.3 is 0 Å². The Morgan fingerprint density at radius 1 is 0.438 bits per heavy atom. The Morgan fingerprint density at radius 3 is 1.29 bits per heavy atom. The van der Waals surface area contributed by atoms with Gasteiger partial charge in [-0.1, -0.05) is 109 Å². The molecule has 7 aromatic carbocycles. The molecule has 9 rings (SSSR count). The van der Waals surface area contributed by atoms with Gasteiger partial charge in [0.05, 0.1) is 45.6 Å². The fourth-order valence-electron chi connectivity index (χ4n) is 7.21. The van der Waals surface area contributed by atoms with E-state index < -0.39 is 0 Å². The smallest absolute Gasteiger partial charge is 0.191 e. The van der Waals surface area contributed by atoms with Crippen LogP contribution in [0, 0.1) is 17.9 Å². The Labute approximate surface area is 277 Å². The van der Waals surface area contributed by atoms with Gasteiger partial charge in [0.2, 0.25) is 0 Å². The van der Waals surface area contributed by atoms with Gasteiger partial charge in [0.1, 0.15) is 6.07 Å². The Hall–Kier alpha value is -6.88. The molecule has 2 heterocycles. The second-order valence-electron chi connectivity index (χ2n) is 12.0. The van der Waals surface area contributed by atoms with Gasteiger partial charge in [-0.3, -0.25) is 0 Å². The van der Waals surface area contributed by atoms with Crippen LogP contribution in [0.1, 0.15) is 5.56 Å². The molecule has 0 aliphatic carbocycles. The van der Waals surface area contributed by atoms with Crippen molar-refractivity contribution in [3.8, 4) is 39.7 Å². The fraction of sp³-hybridized carbons (Fsp3) is 0. The van der Waals surface area contributed by atoms with Crippen molar-refractivity contribution in [2.75, 3.05) is 0 Å². The Morgan fingerprint density at radius 2 is 0.854 bits per heavy atom. The molecular weight excluding hydrogens is 585 g/mol. The van der Waals surface area contributed by atoms with Gasteiger partial charge < -0.3 is 9.13 Å². The molecule has 0 atom stereocenters. The Bertz CT molecular complexity index is 2610. The summed E-state index contributed by atoms with van der Waals surface area (Å²) in [5.41, 5.74) is 10.8. The molecule has 9 aromatic rings. The van der Waals surface area contributed by atoms with Crippen molar-refractivity contribution in [3.05, 3.63) is 175 Å². The molecule has 0 spiro atoms. The molecule has 0 saturated heterocycles. The number of fused-ring (bicyclic) bond motifs is 6. The minimum atomic E-state index is 0.470. The Balaban J connectivity index is 1.35. The highest BCUT2D eigenvalue weighted by molar-refractivity contribution is 6.12. The predicted molar refractivity (Wildman–Crippen MR) is 197 cm³/mol. The van der Waals surface area contributed by atoms with E-state index in [2.05, 4.69) is 141 Å². The molecule has 0 amide bonds. The van der Waals surface area contributed by atoms with E-state index in [-0.39, 0.29) is 0 Å². The second-order valence-corrected chi connectivity index (χ2v) is 12.0. The maximum atomic E-state index is 11.0. The summed E-state index contributed by atoms with van der Waals surface area (Å²) in [6.45, 7) is 8.14. The van der Waals surface area contributed by atoms with Crippen LogP contribution in [0.2, 0.25) is 0 Å². The second kappa shape index (κ2) is 10.9. The van der Waals surface area contributed by atoms with Crippen LogP contribution in [0.25, 0.3) is 82.1 Å². The third kappa shape index (κ3) is 4.14. The normalized spacial score (nSPS) is 11.3. The minimum absolute atomic E-state index is 0.470. The molecule has 48 heavy (non-hydrogen) atoms. The number of hydrogen-bond donors (Lipinski definition) is 0. The van der Waals surface area contributed by atoms with Crippen LogP contribution in [0.15, 0.2) is 158 Å². The van der Waals surface area contributed by atoms with Crippen molar-refractivity contribution < 1.29 is 0 Å². The molecule has 0 fully saturated rings. The molecule has 0 bridgehead atoms. The monoisotopic (exact) mass is 610 g/mol. The average Bonchev–Trinajstić information content (AvgIpc) is 3.67. The summed E-state index contributed by atoms with van der Waals surface area (Å²) in [5, 5.41) is 15.4. The van der Waals surface area contributed by atoms with Crippen molar-refractivity contribution >= 4 is 49.3 Å². The number of nitrogens with zero attached hydrogens (tertiary/aromatic N) is 4. The van der Waals surface area contributed by atoms with Crippen molar-refractivity contribution in [1.82, 2.24) is 9.13 Å². The lowest BCUT2D eigenvalue weighted by atomic mass is 10.0. The molecule has 0 aliphatic heterocycles. The SMILES string of the molecule is [C-]#[N+]c1cc(-n2c3ccccc3c3cc(-c4ccccc4)ccc32)c(C#N)c(-n2c3ccccc3c3cc(-c4ccccc4)ccc32)c1. The highest BCUT2D eigenvalue weighted by Gasteiger charge is 2.22. The van der Waals surface area contributed by atoms with Crippen molar-refractivity contribution in [1.29, 1.82) is 5.26 Å². The van der Waals surface area contributed by atoms with Gasteiger partial charge in [-0.15, -0.1) is 0 Å². The van der Waals surface area contributed by atoms with Gasteiger partial charge in [0.25, 0.3) is 0 Å². The van der Waals surface area contributed by atoms with Crippen LogP contribution < -0.4 is 0 Å². The molecule has 2 aromatic heterocycles. The maximum Gasteiger partial charge on any atom is 0.191 e. The molecule has 0 unspecified atom stereocenters. The first-order valence-electron chi connectivity index (χ1n) is 15.9. The number of para-hydroxylation sites is 2. The quantitative estimate of drug-likeness (QED) is 0.183. The van der Waals surface area contributed by atoms with Gasteiger partial charge in [-0.05, 0) is 70.8 Å². The minimum Gasteiger partial charge on any atom is -0.309 e. The van der Waals surface area contributed by atoms with Gasteiger partial charge in [-0.25, -0.2) is 4.85 Å². The zero-order valence-electron chi connectivity index (χ0n) is 25.8. The van der Waals surface area contributed by atoms with Crippen molar-refractivity contribution in [2.45, 2.75) is 0 Å². The maximum absolute atomic E-state index is 11.0. The molecular formula is C44H26N4. The number of rotatable bonds is 4. The number of nitriles is 1. The lowest BCUT2D eigenvalue weighted by molar-refractivity contribution is 1.12. The summed E-state index contributed by atoms with van der Waals surface area (Å²) in [5.74, 6) is 0. The lowest BCUT2D eigenvalue weighted by Crippen LogP contribution is -2.04. The van der Waals surface area contributed by atoms with Crippen LogP contribution in [0.3, 0.4) is 0 Å². The van der Waals surface area contributed by atoms with E-state index in [1.165, 1.54) is 0 Å². The summed E-state index contributed by atoms with van der Waals surface area (Å²) in [4.78, 5) is 3.93. The van der Waals surface area contributed by atoms with E-state index in [0.717, 1.165) is 65.9 Å². The summed E-state index contributed by atoms with van der Waals surface area (Å²) in [7, 11) is 0. The van der Waals surface area contributed by atoms with E-state index in [9.17, 15) is 5.26 Å². The summed E-state index contributed by atoms with van der Waals surface area (Å²) in [6.07, 6.45) is 0. The summed E-state index contributed by atoms with van der Waals surface area (Å²) in [6, 6.07) is 56.6. The van der Waals surface area contributed by atoms with E-state index in [1.54, 1.807) is 0 Å². The van der Waals surface area contributed by atoms with Gasteiger partial charge in [-0.2, -0.15) is 5.26 Å². The predicted octanol–water partition coefficient (Wildman–Crippen LogP) is 11.6. The van der Waals surface area contributed by atoms with Crippen molar-refractivity contribution in [2.24, 2.45) is 0 Å². The number of hydrogen-bond acceptors (Lipinski definition) is 1. The average molecular weight is 611 g/mol. The first kappa shape index (κ1) is 27.4. The first-order chi connectivity index (χ1) is 23.7. The van der Waals surface area contributed by atoms with E-state index in [0.29, 0.717) is 22.6 Å². The molecule has 222 valence electrons. The first-order valence-corrected chi connectivity index (χ1v) is 15.9. The zero-order valence-corrected chi connectivity index (χ0v) is 25.8.